The van der Waals surface area contributed by atoms with Crippen LogP contribution < -0.4 is 10.9 Å². The maximum atomic E-state index is 13.2. The monoisotopic (exact) mass is 442 g/mol. The molecule has 0 saturated carbocycles. The molecule has 162 valence electrons. The van der Waals surface area contributed by atoms with E-state index in [0.717, 1.165) is 0 Å². The molecule has 3 aromatic heterocycles. The Morgan fingerprint density at radius 3 is 2.58 bits per heavy atom. The van der Waals surface area contributed by atoms with Gasteiger partial charge in [-0.15, -0.1) is 0 Å². The lowest BCUT2D eigenvalue weighted by Gasteiger charge is -2.20. The molecular formula is C21H23ClN6O3. The number of nitrogens with zero attached hydrogens (tertiary/aromatic N) is 5. The van der Waals surface area contributed by atoms with Crippen LogP contribution >= 0.6 is 11.6 Å². The first-order valence-corrected chi connectivity index (χ1v) is 10.4. The summed E-state index contributed by atoms with van der Waals surface area (Å²) in [6.45, 7) is 7.73. The van der Waals surface area contributed by atoms with Gasteiger partial charge in [-0.1, -0.05) is 25.4 Å². The summed E-state index contributed by atoms with van der Waals surface area (Å²) >= 11 is 5.84. The van der Waals surface area contributed by atoms with Crippen molar-refractivity contribution in [3.05, 3.63) is 56.7 Å². The van der Waals surface area contributed by atoms with Crippen LogP contribution in [0.1, 0.15) is 55.4 Å². The Labute approximate surface area is 183 Å². The Morgan fingerprint density at radius 2 is 1.97 bits per heavy atom. The summed E-state index contributed by atoms with van der Waals surface area (Å²) in [6.07, 6.45) is 1.43. The van der Waals surface area contributed by atoms with E-state index in [4.69, 9.17) is 11.6 Å². The molecular weight excluding hydrogens is 420 g/mol. The van der Waals surface area contributed by atoms with Crippen molar-refractivity contribution < 1.29 is 9.59 Å². The van der Waals surface area contributed by atoms with Crippen molar-refractivity contribution in [2.75, 3.05) is 5.32 Å². The fraction of sp³-hybridized carbons (Fsp3) is 0.381. The minimum Gasteiger partial charge on any atom is -0.330 e. The van der Waals surface area contributed by atoms with Crippen LogP contribution in [0.3, 0.4) is 0 Å². The summed E-state index contributed by atoms with van der Waals surface area (Å²) in [4.78, 5) is 44.8. The molecule has 10 heteroatoms. The van der Waals surface area contributed by atoms with Crippen LogP contribution in [-0.2, 0) is 17.9 Å². The molecule has 0 aromatic carbocycles. The zero-order chi connectivity index (χ0) is 22.4. The third-order valence-corrected chi connectivity index (χ3v) is 5.52. The number of nitrogens with one attached hydrogen (secondary N) is 1. The number of fused-ring (bicyclic) bond motifs is 2. The van der Waals surface area contributed by atoms with Gasteiger partial charge in [0.15, 0.2) is 0 Å². The van der Waals surface area contributed by atoms with E-state index in [-0.39, 0.29) is 48.1 Å². The first-order chi connectivity index (χ1) is 14.7. The van der Waals surface area contributed by atoms with E-state index in [1.807, 2.05) is 27.7 Å². The van der Waals surface area contributed by atoms with Gasteiger partial charge in [-0.2, -0.15) is 9.61 Å². The van der Waals surface area contributed by atoms with Crippen molar-refractivity contribution in [3.63, 3.8) is 0 Å². The highest BCUT2D eigenvalue weighted by molar-refractivity contribution is 6.30. The molecule has 3 aromatic rings. The number of halogens is 1. The van der Waals surface area contributed by atoms with E-state index in [9.17, 15) is 14.4 Å². The summed E-state index contributed by atoms with van der Waals surface area (Å²) in [5.41, 5.74) is 1.38. The number of hydrogen-bond donors (Lipinski definition) is 1. The number of hydrogen-bond acceptors (Lipinski definition) is 5. The first kappa shape index (κ1) is 21.0. The number of anilines is 1. The predicted octanol–water partition coefficient (Wildman–Crippen LogP) is 2.67. The molecule has 0 aliphatic carbocycles. The van der Waals surface area contributed by atoms with Crippen LogP contribution in [0.4, 0.5) is 5.82 Å². The number of aromatic nitrogens is 4. The Morgan fingerprint density at radius 1 is 1.23 bits per heavy atom. The highest BCUT2D eigenvalue weighted by Crippen LogP contribution is 2.25. The Bertz CT molecular complexity index is 1240. The third-order valence-electron chi connectivity index (χ3n) is 5.30. The largest absolute Gasteiger partial charge is 0.330 e. The molecule has 0 radical (unpaired) electrons. The second-order valence-electron chi connectivity index (χ2n) is 8.15. The standard InChI is InChI=1S/C21H23ClN6O3/c1-11(2)15-7-18-27(10-17(29)24-16-6-5-13(22)8-23-16)19-14(20(30)28(18)25-15)9-26(12(3)4)21(19)31/h5-8,11-12H,9-10H2,1-4H3,(H,23,24,29). The average Bonchev–Trinajstić information content (AvgIpc) is 3.30. The van der Waals surface area contributed by atoms with Crippen molar-refractivity contribution in [1.82, 2.24) is 24.1 Å². The molecule has 31 heavy (non-hydrogen) atoms. The maximum Gasteiger partial charge on any atom is 0.280 e. The molecule has 0 saturated heterocycles. The number of carbonyl (C=O) groups is 2. The lowest BCUT2D eigenvalue weighted by atomic mass is 10.1. The van der Waals surface area contributed by atoms with Gasteiger partial charge in [-0.25, -0.2) is 4.98 Å². The molecule has 1 aliphatic heterocycles. The Hall–Kier alpha value is -3.20. The quantitative estimate of drug-likeness (QED) is 0.654. The van der Waals surface area contributed by atoms with E-state index >= 15 is 0 Å². The minimum absolute atomic E-state index is 0.0811. The highest BCUT2D eigenvalue weighted by Gasteiger charge is 2.36. The third kappa shape index (κ3) is 3.69. The van der Waals surface area contributed by atoms with Gasteiger partial charge in [0.2, 0.25) is 5.91 Å². The lowest BCUT2D eigenvalue weighted by Crippen LogP contribution is -2.32. The van der Waals surface area contributed by atoms with Gasteiger partial charge < -0.3 is 14.8 Å². The molecule has 0 spiro atoms. The van der Waals surface area contributed by atoms with E-state index in [2.05, 4.69) is 15.4 Å². The molecule has 0 unspecified atom stereocenters. The van der Waals surface area contributed by atoms with Gasteiger partial charge in [0, 0.05) is 18.3 Å². The molecule has 1 aliphatic rings. The summed E-state index contributed by atoms with van der Waals surface area (Å²) < 4.78 is 2.87. The van der Waals surface area contributed by atoms with Gasteiger partial charge in [0.1, 0.15) is 23.7 Å². The number of rotatable bonds is 5. The molecule has 0 atom stereocenters. The fourth-order valence-electron chi connectivity index (χ4n) is 3.64. The van der Waals surface area contributed by atoms with Gasteiger partial charge in [0.25, 0.3) is 11.5 Å². The number of pyridine rings is 1. The van der Waals surface area contributed by atoms with Gasteiger partial charge in [-0.3, -0.25) is 14.4 Å². The zero-order valence-electron chi connectivity index (χ0n) is 17.7. The van der Waals surface area contributed by atoms with E-state index in [0.29, 0.717) is 27.7 Å². The van der Waals surface area contributed by atoms with Crippen molar-refractivity contribution in [2.45, 2.75) is 52.7 Å². The second kappa shape index (κ2) is 7.81. The SMILES string of the molecule is CC(C)c1cc2n(CC(=O)Nc3ccc(Cl)cn3)c3c(c(=O)n2n1)CN(C(C)C)C3=O. The number of carbonyl (C=O) groups excluding carboxylic acids is 2. The van der Waals surface area contributed by atoms with Crippen LogP contribution in [0.25, 0.3) is 5.65 Å². The summed E-state index contributed by atoms with van der Waals surface area (Å²) in [6, 6.07) is 4.88. The maximum absolute atomic E-state index is 13.2. The minimum atomic E-state index is -0.384. The number of amides is 2. The molecule has 1 N–H and O–H groups in total. The second-order valence-corrected chi connectivity index (χ2v) is 8.59. The lowest BCUT2D eigenvalue weighted by molar-refractivity contribution is -0.116. The summed E-state index contributed by atoms with van der Waals surface area (Å²) in [5.74, 6) is -0.229. The fourth-order valence-corrected chi connectivity index (χ4v) is 3.75. The predicted molar refractivity (Wildman–Crippen MR) is 116 cm³/mol. The van der Waals surface area contributed by atoms with Crippen LogP contribution in [0.15, 0.2) is 29.2 Å². The Balaban J connectivity index is 1.82. The van der Waals surface area contributed by atoms with Crippen LogP contribution in [-0.4, -0.2) is 41.9 Å². The summed E-state index contributed by atoms with van der Waals surface area (Å²) in [5, 5.41) is 7.60. The van der Waals surface area contributed by atoms with Crippen molar-refractivity contribution >= 4 is 34.9 Å². The van der Waals surface area contributed by atoms with Gasteiger partial charge in [-0.05, 0) is 31.9 Å². The van der Waals surface area contributed by atoms with Crippen LogP contribution in [0.2, 0.25) is 5.02 Å². The smallest absolute Gasteiger partial charge is 0.280 e. The zero-order valence-corrected chi connectivity index (χ0v) is 18.5. The highest BCUT2D eigenvalue weighted by atomic mass is 35.5. The van der Waals surface area contributed by atoms with Crippen LogP contribution in [0.5, 0.6) is 0 Å². The van der Waals surface area contributed by atoms with Crippen molar-refractivity contribution in [2.24, 2.45) is 0 Å². The van der Waals surface area contributed by atoms with Gasteiger partial charge >= 0.3 is 0 Å². The normalized spacial score (nSPS) is 13.5. The molecule has 4 heterocycles. The van der Waals surface area contributed by atoms with Crippen molar-refractivity contribution in [3.8, 4) is 0 Å². The van der Waals surface area contributed by atoms with Gasteiger partial charge in [0.05, 0.1) is 22.8 Å². The van der Waals surface area contributed by atoms with Crippen LogP contribution in [0, 0.1) is 0 Å². The molecule has 4 rings (SSSR count). The average molecular weight is 443 g/mol. The van der Waals surface area contributed by atoms with E-state index in [1.54, 1.807) is 27.7 Å². The summed E-state index contributed by atoms with van der Waals surface area (Å²) in [7, 11) is 0. The molecule has 0 fully saturated rings. The molecule has 0 bridgehead atoms. The topological polar surface area (TPSA) is 102 Å². The molecule has 2 amide bonds. The first-order valence-electron chi connectivity index (χ1n) is 10.0. The van der Waals surface area contributed by atoms with E-state index in [1.165, 1.54) is 10.7 Å². The molecule has 9 nitrogen and oxygen atoms in total. The van der Waals surface area contributed by atoms with E-state index < -0.39 is 0 Å². The van der Waals surface area contributed by atoms with Crippen molar-refractivity contribution in [1.29, 1.82) is 0 Å². The Kier molecular flexibility index (Phi) is 5.30.